The molecule has 1 aromatic carbocycles. The number of nitrogens with one attached hydrogen (secondary N) is 1. The lowest BCUT2D eigenvalue weighted by atomic mass is 10.1. The number of nitrogens with zero attached hydrogens (tertiary/aromatic N) is 4. The zero-order chi connectivity index (χ0) is 25.2. The Morgan fingerprint density at radius 1 is 1.00 bits per heavy atom. The number of aryl methyl sites for hydroxylation is 1. The summed E-state index contributed by atoms with van der Waals surface area (Å²) in [5.74, 6) is 0.119. The monoisotopic (exact) mass is 485 g/mol. The first-order valence-electron chi connectivity index (χ1n) is 11.2. The number of alkyl halides is 3. The van der Waals surface area contributed by atoms with Crippen molar-refractivity contribution in [1.29, 1.82) is 0 Å². The minimum atomic E-state index is -4.55. The molecule has 184 valence electrons. The standard InChI is InChI=1S/C25H26F3N5O2/c1-17-15-19(18(2)33(17)22-9-5-6-10-29-22)24(35)32-13-11-31(12-14-32)16-23(34)30-21-8-4-3-7-20(21)25(26,27)28/h3-10,15H,11-14,16H2,1-2H3,(H,30,34). The Kier molecular flexibility index (Phi) is 6.93. The van der Waals surface area contributed by atoms with Gasteiger partial charge in [-0.1, -0.05) is 18.2 Å². The van der Waals surface area contributed by atoms with Crippen molar-refractivity contribution in [1.82, 2.24) is 19.4 Å². The fourth-order valence-electron chi connectivity index (χ4n) is 4.33. The van der Waals surface area contributed by atoms with Crippen LogP contribution in [0.3, 0.4) is 0 Å². The summed E-state index contributed by atoms with van der Waals surface area (Å²) >= 11 is 0. The molecule has 1 fully saturated rings. The predicted molar refractivity (Wildman–Crippen MR) is 125 cm³/mol. The van der Waals surface area contributed by atoms with E-state index in [4.69, 9.17) is 0 Å². The van der Waals surface area contributed by atoms with E-state index in [-0.39, 0.29) is 18.1 Å². The second-order valence-electron chi connectivity index (χ2n) is 8.47. The Morgan fingerprint density at radius 3 is 2.34 bits per heavy atom. The number of anilines is 1. The van der Waals surface area contributed by atoms with Gasteiger partial charge in [-0.2, -0.15) is 13.2 Å². The van der Waals surface area contributed by atoms with Crippen LogP contribution in [0.15, 0.2) is 54.7 Å². The highest BCUT2D eigenvalue weighted by atomic mass is 19.4. The number of halogens is 3. The van der Waals surface area contributed by atoms with Gasteiger partial charge in [0, 0.05) is 43.8 Å². The third-order valence-electron chi connectivity index (χ3n) is 6.07. The quantitative estimate of drug-likeness (QED) is 0.595. The largest absolute Gasteiger partial charge is 0.418 e. The summed E-state index contributed by atoms with van der Waals surface area (Å²) in [5.41, 5.74) is 1.16. The van der Waals surface area contributed by atoms with Crippen LogP contribution in [0.5, 0.6) is 0 Å². The van der Waals surface area contributed by atoms with Crippen LogP contribution in [0.2, 0.25) is 0 Å². The van der Waals surface area contributed by atoms with Gasteiger partial charge in [0.05, 0.1) is 23.4 Å². The lowest BCUT2D eigenvalue weighted by Crippen LogP contribution is -2.50. The number of benzene rings is 1. The summed E-state index contributed by atoms with van der Waals surface area (Å²) in [7, 11) is 0. The predicted octanol–water partition coefficient (Wildman–Crippen LogP) is 3.90. The highest BCUT2D eigenvalue weighted by molar-refractivity contribution is 5.96. The first-order chi connectivity index (χ1) is 16.6. The molecule has 1 N–H and O–H groups in total. The van der Waals surface area contributed by atoms with Gasteiger partial charge in [0.2, 0.25) is 5.91 Å². The highest BCUT2D eigenvalue weighted by Gasteiger charge is 2.34. The van der Waals surface area contributed by atoms with Gasteiger partial charge in [-0.3, -0.25) is 14.5 Å². The molecule has 0 radical (unpaired) electrons. The van der Waals surface area contributed by atoms with Crippen molar-refractivity contribution in [2.75, 3.05) is 38.0 Å². The van der Waals surface area contributed by atoms with E-state index >= 15 is 0 Å². The molecular formula is C25H26F3N5O2. The van der Waals surface area contributed by atoms with Crippen LogP contribution in [0.4, 0.5) is 18.9 Å². The van der Waals surface area contributed by atoms with Crippen LogP contribution < -0.4 is 5.32 Å². The van der Waals surface area contributed by atoms with Gasteiger partial charge in [0.1, 0.15) is 5.82 Å². The number of pyridine rings is 1. The zero-order valence-electron chi connectivity index (χ0n) is 19.5. The smallest absolute Gasteiger partial charge is 0.336 e. The molecule has 0 aliphatic carbocycles. The van der Waals surface area contributed by atoms with E-state index in [2.05, 4.69) is 10.3 Å². The van der Waals surface area contributed by atoms with Gasteiger partial charge >= 0.3 is 6.18 Å². The molecule has 1 saturated heterocycles. The zero-order valence-corrected chi connectivity index (χ0v) is 19.5. The second kappa shape index (κ2) is 9.91. The van der Waals surface area contributed by atoms with Crippen molar-refractivity contribution in [3.63, 3.8) is 0 Å². The summed E-state index contributed by atoms with van der Waals surface area (Å²) in [6.45, 7) is 5.47. The number of rotatable bonds is 5. The maximum Gasteiger partial charge on any atom is 0.418 e. The van der Waals surface area contributed by atoms with Gasteiger partial charge in [0.15, 0.2) is 0 Å². The molecule has 0 atom stereocenters. The van der Waals surface area contributed by atoms with Crippen molar-refractivity contribution < 1.29 is 22.8 Å². The van der Waals surface area contributed by atoms with E-state index in [1.54, 1.807) is 11.1 Å². The van der Waals surface area contributed by atoms with Crippen molar-refractivity contribution in [2.24, 2.45) is 0 Å². The van der Waals surface area contributed by atoms with Crippen molar-refractivity contribution in [3.8, 4) is 5.82 Å². The van der Waals surface area contributed by atoms with E-state index < -0.39 is 17.6 Å². The van der Waals surface area contributed by atoms with E-state index in [0.29, 0.717) is 31.7 Å². The molecule has 0 saturated carbocycles. The van der Waals surface area contributed by atoms with Crippen molar-refractivity contribution in [2.45, 2.75) is 20.0 Å². The Balaban J connectivity index is 1.36. The topological polar surface area (TPSA) is 70.5 Å². The molecule has 0 spiro atoms. The molecule has 0 bridgehead atoms. The molecule has 3 heterocycles. The molecular weight excluding hydrogens is 459 g/mol. The molecule has 1 aliphatic rings. The number of carbonyl (C=O) groups excluding carboxylic acids is 2. The maximum absolute atomic E-state index is 13.2. The average Bonchev–Trinajstić information content (AvgIpc) is 3.13. The van der Waals surface area contributed by atoms with Crippen molar-refractivity contribution in [3.05, 3.63) is 77.2 Å². The first-order valence-corrected chi connectivity index (χ1v) is 11.2. The molecule has 7 nitrogen and oxygen atoms in total. The van der Waals surface area contributed by atoms with Gasteiger partial charge in [0.25, 0.3) is 5.91 Å². The lowest BCUT2D eigenvalue weighted by molar-refractivity contribution is -0.137. The molecule has 4 rings (SSSR count). The molecule has 35 heavy (non-hydrogen) atoms. The summed E-state index contributed by atoms with van der Waals surface area (Å²) in [6.07, 6.45) is -2.85. The number of hydrogen-bond donors (Lipinski definition) is 1. The molecule has 10 heteroatoms. The number of piperazine rings is 1. The van der Waals surface area contributed by atoms with E-state index in [1.807, 2.05) is 47.6 Å². The van der Waals surface area contributed by atoms with Crippen LogP contribution in [0.25, 0.3) is 5.82 Å². The fourth-order valence-corrected chi connectivity index (χ4v) is 4.33. The molecule has 1 aliphatic heterocycles. The minimum Gasteiger partial charge on any atom is -0.336 e. The van der Waals surface area contributed by atoms with Crippen molar-refractivity contribution >= 4 is 17.5 Å². The molecule has 3 aromatic rings. The number of amides is 2. The number of para-hydroxylation sites is 1. The average molecular weight is 486 g/mol. The summed E-state index contributed by atoms with van der Waals surface area (Å²) in [4.78, 5) is 33.5. The SMILES string of the molecule is Cc1cc(C(=O)N2CCN(CC(=O)Nc3ccccc3C(F)(F)F)CC2)c(C)n1-c1ccccn1. The minimum absolute atomic E-state index is 0.0532. The van der Waals surface area contributed by atoms with Crippen LogP contribution in [0.1, 0.15) is 27.3 Å². The van der Waals surface area contributed by atoms with Gasteiger partial charge in [-0.25, -0.2) is 4.98 Å². The maximum atomic E-state index is 13.2. The first kappa shape index (κ1) is 24.5. The number of carbonyl (C=O) groups is 2. The molecule has 0 unspecified atom stereocenters. The summed E-state index contributed by atoms with van der Waals surface area (Å²) in [5, 5.41) is 2.37. The van der Waals surface area contributed by atoms with Crippen LogP contribution >= 0.6 is 0 Å². The van der Waals surface area contributed by atoms with Crippen LogP contribution in [-0.2, 0) is 11.0 Å². The summed E-state index contributed by atoms with van der Waals surface area (Å²) < 4.78 is 41.4. The second-order valence-corrected chi connectivity index (χ2v) is 8.47. The fraction of sp³-hybridized carbons (Fsp3) is 0.320. The Morgan fingerprint density at radius 2 is 1.69 bits per heavy atom. The van der Waals surface area contributed by atoms with E-state index in [0.717, 1.165) is 23.3 Å². The lowest BCUT2D eigenvalue weighted by Gasteiger charge is -2.34. The Hall–Kier alpha value is -3.66. The summed E-state index contributed by atoms with van der Waals surface area (Å²) in [6, 6.07) is 12.3. The molecule has 2 amide bonds. The number of aromatic nitrogens is 2. The third kappa shape index (κ3) is 5.37. The number of hydrogen-bond acceptors (Lipinski definition) is 4. The Bertz CT molecular complexity index is 1220. The van der Waals surface area contributed by atoms with E-state index in [1.165, 1.54) is 18.2 Å². The van der Waals surface area contributed by atoms with Gasteiger partial charge in [-0.05, 0) is 44.2 Å². The normalized spacial score (nSPS) is 14.7. The van der Waals surface area contributed by atoms with Gasteiger partial charge < -0.3 is 14.8 Å². The van der Waals surface area contributed by atoms with Crippen LogP contribution in [-0.4, -0.2) is 63.9 Å². The molecule has 2 aromatic heterocycles. The van der Waals surface area contributed by atoms with Crippen LogP contribution in [0, 0.1) is 13.8 Å². The Labute approximate surface area is 201 Å². The highest BCUT2D eigenvalue weighted by Crippen LogP contribution is 2.34. The third-order valence-corrected chi connectivity index (χ3v) is 6.07. The van der Waals surface area contributed by atoms with Gasteiger partial charge in [-0.15, -0.1) is 0 Å². The van der Waals surface area contributed by atoms with E-state index in [9.17, 15) is 22.8 Å².